The van der Waals surface area contributed by atoms with E-state index >= 15 is 0 Å². The summed E-state index contributed by atoms with van der Waals surface area (Å²) >= 11 is 11.5. The molecule has 1 nitrogen and oxygen atoms in total. The third-order valence-corrected chi connectivity index (χ3v) is 2.26. The standard InChI is InChI=1S/C9H8Cl2O/c10-8(6-12)9(11)7-4-2-1-3-5-7/h1-5,12H,6H2/b9-8+. The van der Waals surface area contributed by atoms with Gasteiger partial charge in [-0.2, -0.15) is 0 Å². The predicted molar refractivity (Wildman–Crippen MR) is 52.2 cm³/mol. The lowest BCUT2D eigenvalue weighted by atomic mass is 10.2. The molecule has 0 fully saturated rings. The van der Waals surface area contributed by atoms with Gasteiger partial charge < -0.3 is 5.11 Å². The average molecular weight is 203 g/mol. The van der Waals surface area contributed by atoms with Crippen molar-refractivity contribution >= 4 is 28.2 Å². The Morgan fingerprint density at radius 1 is 1.17 bits per heavy atom. The average Bonchev–Trinajstić information content (AvgIpc) is 2.17. The summed E-state index contributed by atoms with van der Waals surface area (Å²) in [5.74, 6) is 0. The summed E-state index contributed by atoms with van der Waals surface area (Å²) in [6.45, 7) is -0.227. The van der Waals surface area contributed by atoms with Gasteiger partial charge in [0, 0.05) is 0 Å². The molecule has 1 rings (SSSR count). The van der Waals surface area contributed by atoms with E-state index in [1.54, 1.807) is 0 Å². The Morgan fingerprint density at radius 3 is 2.25 bits per heavy atom. The van der Waals surface area contributed by atoms with Crippen LogP contribution in [0.25, 0.3) is 5.03 Å². The highest BCUT2D eigenvalue weighted by molar-refractivity contribution is 6.54. The summed E-state index contributed by atoms with van der Waals surface area (Å²) in [6.07, 6.45) is 0. The van der Waals surface area contributed by atoms with Crippen LogP contribution in [0.2, 0.25) is 0 Å². The van der Waals surface area contributed by atoms with E-state index in [0.29, 0.717) is 5.03 Å². The van der Waals surface area contributed by atoms with Crippen molar-refractivity contribution < 1.29 is 5.11 Å². The molecule has 0 unspecified atom stereocenters. The van der Waals surface area contributed by atoms with Crippen molar-refractivity contribution in [2.24, 2.45) is 0 Å². The van der Waals surface area contributed by atoms with Crippen LogP contribution < -0.4 is 0 Å². The van der Waals surface area contributed by atoms with Gasteiger partial charge in [-0.25, -0.2) is 0 Å². The van der Waals surface area contributed by atoms with E-state index < -0.39 is 0 Å². The Balaban J connectivity index is 3.00. The maximum absolute atomic E-state index is 8.69. The molecule has 0 aliphatic heterocycles. The summed E-state index contributed by atoms with van der Waals surface area (Å²) in [4.78, 5) is 0. The molecule has 0 saturated carbocycles. The Morgan fingerprint density at radius 2 is 1.75 bits per heavy atom. The maximum Gasteiger partial charge on any atom is 0.0803 e. The van der Waals surface area contributed by atoms with Crippen LogP contribution in [0.1, 0.15) is 5.56 Å². The molecule has 0 amide bonds. The van der Waals surface area contributed by atoms with Crippen LogP contribution in [0.3, 0.4) is 0 Å². The minimum atomic E-state index is -0.227. The second kappa shape index (κ2) is 4.51. The second-order valence-corrected chi connectivity index (χ2v) is 3.08. The summed E-state index contributed by atoms with van der Waals surface area (Å²) in [5.41, 5.74) is 0.818. The minimum Gasteiger partial charge on any atom is -0.391 e. The zero-order valence-electron chi connectivity index (χ0n) is 6.30. The zero-order valence-corrected chi connectivity index (χ0v) is 7.81. The molecule has 3 heteroatoms. The molecule has 0 aliphatic carbocycles. The SMILES string of the molecule is OC/C(Cl)=C(\Cl)c1ccccc1. The van der Waals surface area contributed by atoms with Gasteiger partial charge in [0.25, 0.3) is 0 Å². The molecule has 0 saturated heterocycles. The number of benzene rings is 1. The number of rotatable bonds is 2. The maximum atomic E-state index is 8.69. The predicted octanol–water partition coefficient (Wildman–Crippen LogP) is 2.83. The molecule has 1 aromatic carbocycles. The smallest absolute Gasteiger partial charge is 0.0803 e. The van der Waals surface area contributed by atoms with Crippen molar-refractivity contribution in [2.75, 3.05) is 6.61 Å². The van der Waals surface area contributed by atoms with Crippen LogP contribution in [0.4, 0.5) is 0 Å². The molecule has 1 N–H and O–H groups in total. The van der Waals surface area contributed by atoms with E-state index in [9.17, 15) is 0 Å². The second-order valence-electron chi connectivity index (χ2n) is 2.24. The Kier molecular flexibility index (Phi) is 3.60. The third kappa shape index (κ3) is 2.24. The van der Waals surface area contributed by atoms with Gasteiger partial charge in [-0.15, -0.1) is 0 Å². The Labute approximate surface area is 81.2 Å². The fourth-order valence-electron chi connectivity index (χ4n) is 0.811. The largest absolute Gasteiger partial charge is 0.391 e. The van der Waals surface area contributed by atoms with Gasteiger partial charge in [-0.05, 0) is 5.56 Å². The molecule has 0 spiro atoms. The van der Waals surface area contributed by atoms with Gasteiger partial charge in [0.2, 0.25) is 0 Å². The van der Waals surface area contributed by atoms with Crippen LogP contribution in [-0.4, -0.2) is 11.7 Å². The number of aliphatic hydroxyl groups excluding tert-OH is 1. The summed E-state index contributed by atoms with van der Waals surface area (Å²) < 4.78 is 0. The molecule has 0 aromatic heterocycles. The van der Waals surface area contributed by atoms with Gasteiger partial charge in [-0.3, -0.25) is 0 Å². The number of hydrogen-bond acceptors (Lipinski definition) is 1. The number of aliphatic hydroxyl groups is 1. The van der Waals surface area contributed by atoms with Gasteiger partial charge >= 0.3 is 0 Å². The van der Waals surface area contributed by atoms with Crippen molar-refractivity contribution in [1.29, 1.82) is 0 Å². The fraction of sp³-hybridized carbons (Fsp3) is 0.111. The van der Waals surface area contributed by atoms with E-state index in [0.717, 1.165) is 5.56 Å². The molecule has 0 heterocycles. The van der Waals surface area contributed by atoms with Gasteiger partial charge in [0.1, 0.15) is 0 Å². The van der Waals surface area contributed by atoms with Crippen molar-refractivity contribution in [2.45, 2.75) is 0 Å². The van der Waals surface area contributed by atoms with Crippen LogP contribution in [0.15, 0.2) is 35.4 Å². The van der Waals surface area contributed by atoms with E-state index in [-0.39, 0.29) is 11.6 Å². The molecule has 0 aliphatic rings. The normalized spacial score (nSPS) is 12.6. The minimum absolute atomic E-state index is 0.227. The zero-order chi connectivity index (χ0) is 8.97. The lowest BCUT2D eigenvalue weighted by Crippen LogP contribution is -1.85. The first-order valence-electron chi connectivity index (χ1n) is 3.46. The Bertz CT molecular complexity index is 280. The fourth-order valence-corrected chi connectivity index (χ4v) is 1.11. The van der Waals surface area contributed by atoms with E-state index in [1.807, 2.05) is 30.3 Å². The molecule has 12 heavy (non-hydrogen) atoms. The van der Waals surface area contributed by atoms with E-state index in [1.165, 1.54) is 0 Å². The molecule has 0 atom stereocenters. The molecule has 1 aromatic rings. The van der Waals surface area contributed by atoms with Crippen LogP contribution in [0, 0.1) is 0 Å². The highest BCUT2D eigenvalue weighted by atomic mass is 35.5. The van der Waals surface area contributed by atoms with Crippen LogP contribution >= 0.6 is 23.2 Å². The third-order valence-electron chi connectivity index (χ3n) is 1.40. The highest BCUT2D eigenvalue weighted by Gasteiger charge is 2.02. The molecule has 0 bridgehead atoms. The van der Waals surface area contributed by atoms with E-state index in [4.69, 9.17) is 28.3 Å². The van der Waals surface area contributed by atoms with Crippen molar-refractivity contribution in [1.82, 2.24) is 0 Å². The molecular weight excluding hydrogens is 195 g/mol. The lowest BCUT2D eigenvalue weighted by Gasteiger charge is -2.00. The topological polar surface area (TPSA) is 20.2 Å². The number of halogens is 2. The first kappa shape index (κ1) is 9.59. The Hall–Kier alpha value is -0.500. The van der Waals surface area contributed by atoms with Crippen molar-refractivity contribution in [3.05, 3.63) is 40.9 Å². The van der Waals surface area contributed by atoms with Crippen LogP contribution in [0.5, 0.6) is 0 Å². The first-order chi connectivity index (χ1) is 5.75. The molecule has 0 radical (unpaired) electrons. The highest BCUT2D eigenvalue weighted by Crippen LogP contribution is 2.24. The van der Waals surface area contributed by atoms with Crippen molar-refractivity contribution in [3.8, 4) is 0 Å². The van der Waals surface area contributed by atoms with Crippen molar-refractivity contribution in [3.63, 3.8) is 0 Å². The quantitative estimate of drug-likeness (QED) is 0.783. The first-order valence-corrected chi connectivity index (χ1v) is 4.21. The molecule has 64 valence electrons. The lowest BCUT2D eigenvalue weighted by molar-refractivity contribution is 0.339. The van der Waals surface area contributed by atoms with Crippen LogP contribution in [-0.2, 0) is 0 Å². The monoisotopic (exact) mass is 202 g/mol. The number of hydrogen-bond donors (Lipinski definition) is 1. The van der Waals surface area contributed by atoms with Gasteiger partial charge in [-0.1, -0.05) is 53.5 Å². The van der Waals surface area contributed by atoms with Gasteiger partial charge in [0.15, 0.2) is 0 Å². The summed E-state index contributed by atoms with van der Waals surface area (Å²) in [6, 6.07) is 9.28. The van der Waals surface area contributed by atoms with Gasteiger partial charge in [0.05, 0.1) is 16.7 Å². The molecular formula is C9H8Cl2O. The summed E-state index contributed by atoms with van der Waals surface area (Å²) in [7, 11) is 0. The van der Waals surface area contributed by atoms with E-state index in [2.05, 4.69) is 0 Å². The summed E-state index contributed by atoms with van der Waals surface area (Å²) in [5, 5.41) is 9.36.